The van der Waals surface area contributed by atoms with Crippen LogP contribution in [0.25, 0.3) is 16.6 Å². The van der Waals surface area contributed by atoms with Gasteiger partial charge in [0, 0.05) is 11.4 Å². The number of hydrogen-bond donors (Lipinski definition) is 2. The number of methoxy groups -OCH3 is 1. The fraction of sp³-hybridized carbons (Fsp3) is 0.182. The number of aromatic nitrogens is 3. The molecule has 2 aromatic carbocycles. The van der Waals surface area contributed by atoms with Crippen LogP contribution in [-0.2, 0) is 4.79 Å². The van der Waals surface area contributed by atoms with Crippen molar-refractivity contribution in [3.8, 4) is 5.75 Å². The van der Waals surface area contributed by atoms with Crippen molar-refractivity contribution in [2.45, 2.75) is 6.04 Å². The number of H-pyrrole nitrogens is 1. The SMILES string of the molecule is COc1ccc(NC(=O)C2CSCN2C(=O)c2cnn3c2[nH]c(=O)c2ccccc23)cc1. The van der Waals surface area contributed by atoms with E-state index in [0.29, 0.717) is 39.6 Å². The van der Waals surface area contributed by atoms with E-state index in [9.17, 15) is 14.4 Å². The Hall–Kier alpha value is -3.79. The molecule has 0 radical (unpaired) electrons. The van der Waals surface area contributed by atoms with Gasteiger partial charge in [0.1, 0.15) is 23.0 Å². The molecule has 3 heterocycles. The summed E-state index contributed by atoms with van der Waals surface area (Å²) in [5.41, 5.74) is 1.48. The van der Waals surface area contributed by atoms with Gasteiger partial charge in [0.25, 0.3) is 11.5 Å². The molecule has 1 aliphatic heterocycles. The minimum absolute atomic E-state index is 0.248. The number of amides is 2. The van der Waals surface area contributed by atoms with E-state index in [0.717, 1.165) is 0 Å². The lowest BCUT2D eigenvalue weighted by molar-refractivity contribution is -0.119. The third kappa shape index (κ3) is 3.38. The first-order valence-corrected chi connectivity index (χ1v) is 11.0. The van der Waals surface area contributed by atoms with Gasteiger partial charge in [-0.25, -0.2) is 4.52 Å². The van der Waals surface area contributed by atoms with Crippen molar-refractivity contribution < 1.29 is 14.3 Å². The third-order valence-electron chi connectivity index (χ3n) is 5.41. The Bertz CT molecular complexity index is 1400. The highest BCUT2D eigenvalue weighted by molar-refractivity contribution is 7.99. The van der Waals surface area contributed by atoms with Crippen LogP contribution >= 0.6 is 11.8 Å². The predicted molar refractivity (Wildman–Crippen MR) is 122 cm³/mol. The molecule has 0 aliphatic carbocycles. The molecule has 1 aliphatic rings. The molecule has 1 saturated heterocycles. The highest BCUT2D eigenvalue weighted by atomic mass is 32.2. The Morgan fingerprint density at radius 2 is 1.97 bits per heavy atom. The van der Waals surface area contributed by atoms with Gasteiger partial charge in [-0.1, -0.05) is 12.1 Å². The zero-order valence-electron chi connectivity index (χ0n) is 17.1. The normalized spacial score (nSPS) is 15.9. The van der Waals surface area contributed by atoms with Crippen LogP contribution in [-0.4, -0.2) is 56.1 Å². The lowest BCUT2D eigenvalue weighted by atomic mass is 10.2. The molecule has 1 atom stereocenters. The Morgan fingerprint density at radius 3 is 2.75 bits per heavy atom. The molecular weight excluding hydrogens is 430 g/mol. The zero-order valence-corrected chi connectivity index (χ0v) is 17.9. The van der Waals surface area contributed by atoms with Crippen LogP contribution in [0.1, 0.15) is 10.4 Å². The van der Waals surface area contributed by atoms with Gasteiger partial charge in [-0.15, -0.1) is 11.8 Å². The number of carbonyl (C=O) groups is 2. The number of thioether (sulfide) groups is 1. The van der Waals surface area contributed by atoms with E-state index < -0.39 is 6.04 Å². The van der Waals surface area contributed by atoms with E-state index in [4.69, 9.17) is 4.74 Å². The Balaban J connectivity index is 1.43. The number of rotatable bonds is 4. The molecule has 162 valence electrons. The van der Waals surface area contributed by atoms with Crippen molar-refractivity contribution in [2.75, 3.05) is 24.1 Å². The summed E-state index contributed by atoms with van der Waals surface area (Å²) in [6.45, 7) is 0. The molecule has 1 fully saturated rings. The average molecular weight is 449 g/mol. The van der Waals surface area contributed by atoms with Crippen LogP contribution in [0.2, 0.25) is 0 Å². The van der Waals surface area contributed by atoms with Gasteiger partial charge in [0.15, 0.2) is 0 Å². The average Bonchev–Trinajstić information content (AvgIpc) is 3.47. The summed E-state index contributed by atoms with van der Waals surface area (Å²) in [5.74, 6) is 0.904. The molecule has 32 heavy (non-hydrogen) atoms. The summed E-state index contributed by atoms with van der Waals surface area (Å²) in [5, 5.41) is 7.65. The molecule has 0 spiro atoms. The first-order valence-electron chi connectivity index (χ1n) is 9.89. The molecule has 2 N–H and O–H groups in total. The van der Waals surface area contributed by atoms with Crippen LogP contribution in [0.15, 0.2) is 59.5 Å². The monoisotopic (exact) mass is 449 g/mol. The topological polar surface area (TPSA) is 109 Å². The second-order valence-corrected chi connectivity index (χ2v) is 8.30. The molecule has 5 rings (SSSR count). The predicted octanol–water partition coefficient (Wildman–Crippen LogP) is 2.34. The number of benzene rings is 2. The van der Waals surface area contributed by atoms with Crippen molar-refractivity contribution >= 4 is 45.8 Å². The first kappa shape index (κ1) is 20.1. The maximum Gasteiger partial charge on any atom is 0.260 e. The number of ether oxygens (including phenoxy) is 1. The summed E-state index contributed by atoms with van der Waals surface area (Å²) in [6.07, 6.45) is 1.43. The molecule has 0 bridgehead atoms. The highest BCUT2D eigenvalue weighted by Crippen LogP contribution is 2.26. The van der Waals surface area contributed by atoms with Crippen molar-refractivity contribution in [3.05, 3.63) is 70.6 Å². The van der Waals surface area contributed by atoms with Crippen LogP contribution in [0.4, 0.5) is 5.69 Å². The van der Waals surface area contributed by atoms with Gasteiger partial charge in [-0.2, -0.15) is 5.10 Å². The van der Waals surface area contributed by atoms with Gasteiger partial charge in [-0.05, 0) is 36.4 Å². The van der Waals surface area contributed by atoms with E-state index in [1.165, 1.54) is 22.9 Å². The van der Waals surface area contributed by atoms with Crippen LogP contribution in [0, 0.1) is 0 Å². The van der Waals surface area contributed by atoms with Gasteiger partial charge in [0.05, 0.1) is 30.1 Å². The standard InChI is InChI=1S/C22H19N5O4S/c1-31-14-8-6-13(7-9-14)24-21(29)18-11-32-12-26(18)22(30)16-10-23-27-17-5-3-2-4-15(17)20(28)25-19(16)27/h2-10,18H,11-12H2,1H3,(H,24,29)(H,25,28). The Morgan fingerprint density at radius 1 is 1.19 bits per heavy atom. The van der Waals surface area contributed by atoms with E-state index >= 15 is 0 Å². The number of aromatic amines is 1. The van der Waals surface area contributed by atoms with E-state index in [1.807, 2.05) is 0 Å². The number of fused-ring (bicyclic) bond motifs is 3. The van der Waals surface area contributed by atoms with Crippen LogP contribution in [0.3, 0.4) is 0 Å². The maximum absolute atomic E-state index is 13.4. The molecule has 4 aromatic rings. The highest BCUT2D eigenvalue weighted by Gasteiger charge is 2.36. The zero-order chi connectivity index (χ0) is 22.2. The molecule has 10 heteroatoms. The van der Waals surface area contributed by atoms with Crippen molar-refractivity contribution in [1.29, 1.82) is 0 Å². The Kier molecular flexibility index (Phi) is 5.06. The quantitative estimate of drug-likeness (QED) is 0.495. The molecular formula is C22H19N5O4S. The summed E-state index contributed by atoms with van der Waals surface area (Å²) in [6, 6.07) is 13.4. The molecule has 1 unspecified atom stereocenters. The van der Waals surface area contributed by atoms with Crippen molar-refractivity contribution in [3.63, 3.8) is 0 Å². The fourth-order valence-electron chi connectivity index (χ4n) is 3.75. The van der Waals surface area contributed by atoms with Gasteiger partial charge < -0.3 is 19.9 Å². The summed E-state index contributed by atoms with van der Waals surface area (Å²) < 4.78 is 6.67. The van der Waals surface area contributed by atoms with E-state index in [1.54, 1.807) is 60.2 Å². The third-order valence-corrected chi connectivity index (χ3v) is 6.42. The lowest BCUT2D eigenvalue weighted by Gasteiger charge is -2.22. The summed E-state index contributed by atoms with van der Waals surface area (Å²) in [4.78, 5) is 43.1. The van der Waals surface area contributed by atoms with Crippen molar-refractivity contribution in [1.82, 2.24) is 19.5 Å². The number of carbonyl (C=O) groups excluding carboxylic acids is 2. The maximum atomic E-state index is 13.4. The first-order chi connectivity index (χ1) is 15.6. The number of anilines is 1. The summed E-state index contributed by atoms with van der Waals surface area (Å²) in [7, 11) is 1.57. The lowest BCUT2D eigenvalue weighted by Crippen LogP contribution is -2.44. The minimum Gasteiger partial charge on any atom is -0.497 e. The smallest absolute Gasteiger partial charge is 0.260 e. The molecule has 2 amide bonds. The van der Waals surface area contributed by atoms with Gasteiger partial charge in [-0.3, -0.25) is 14.4 Å². The summed E-state index contributed by atoms with van der Waals surface area (Å²) >= 11 is 1.50. The number of para-hydroxylation sites is 1. The fourth-order valence-corrected chi connectivity index (χ4v) is 4.90. The van der Waals surface area contributed by atoms with Gasteiger partial charge >= 0.3 is 0 Å². The molecule has 9 nitrogen and oxygen atoms in total. The van der Waals surface area contributed by atoms with E-state index in [2.05, 4.69) is 15.4 Å². The van der Waals surface area contributed by atoms with Crippen molar-refractivity contribution in [2.24, 2.45) is 0 Å². The second kappa shape index (κ2) is 8.04. The minimum atomic E-state index is -0.642. The largest absolute Gasteiger partial charge is 0.497 e. The number of nitrogens with one attached hydrogen (secondary N) is 2. The number of nitrogens with zero attached hydrogens (tertiary/aromatic N) is 3. The molecule has 0 saturated carbocycles. The van der Waals surface area contributed by atoms with Crippen LogP contribution < -0.4 is 15.6 Å². The second-order valence-electron chi connectivity index (χ2n) is 7.30. The molecule has 2 aromatic heterocycles. The van der Waals surface area contributed by atoms with Crippen LogP contribution in [0.5, 0.6) is 5.75 Å². The van der Waals surface area contributed by atoms with Gasteiger partial charge in [0.2, 0.25) is 5.91 Å². The van der Waals surface area contributed by atoms with E-state index in [-0.39, 0.29) is 22.9 Å². The number of hydrogen-bond acceptors (Lipinski definition) is 6. The Labute approximate surface area is 186 Å².